The molecule has 20 nitrogen and oxygen atoms in total. The third kappa shape index (κ3) is 2290. The van der Waals surface area contributed by atoms with Crippen molar-refractivity contribution in [3.63, 3.8) is 0 Å². The molecule has 0 rings (SSSR count). The maximum atomic E-state index is 8.00. The van der Waals surface area contributed by atoms with E-state index < -0.39 is 0 Å². The van der Waals surface area contributed by atoms with Gasteiger partial charge >= 0.3 is 35.6 Å². The summed E-state index contributed by atoms with van der Waals surface area (Å²) in [6.45, 7) is 0. The van der Waals surface area contributed by atoms with Crippen molar-refractivity contribution in [2.45, 2.75) is 0 Å². The fourth-order valence-electron chi connectivity index (χ4n) is 0. The van der Waals surface area contributed by atoms with Crippen molar-refractivity contribution in [1.29, 1.82) is 0 Å². The molecule has 0 heterocycles. The van der Waals surface area contributed by atoms with Gasteiger partial charge in [0.05, 0.1) is 56.4 Å². The predicted octanol–water partition coefficient (Wildman–Crippen LogP) is -0.850. The van der Waals surface area contributed by atoms with Gasteiger partial charge in [0, 0.05) is 0 Å². The fourth-order valence-corrected chi connectivity index (χ4v) is 0. The Morgan fingerprint density at radius 2 is 0.400 bits per heavy atom. The zero-order valence-corrected chi connectivity index (χ0v) is 18.9. The molecule has 0 saturated heterocycles. The number of quaternary nitrogens is 2. The van der Waals surface area contributed by atoms with Gasteiger partial charge in [-0.2, -0.15) is 0 Å². The molecule has 0 aromatic heterocycles. The van der Waals surface area contributed by atoms with E-state index in [9.17, 15) is 0 Å². The molecule has 0 unspecified atom stereocenters. The molecule has 30 heavy (non-hydrogen) atoms. The summed E-state index contributed by atoms with van der Waals surface area (Å²) in [7, 11) is 17.0. The second-order valence-electron chi connectivity index (χ2n) is 5.81. The van der Waals surface area contributed by atoms with Crippen molar-refractivity contribution in [2.24, 2.45) is 32.0 Å². The van der Waals surface area contributed by atoms with Crippen LogP contribution in [-0.4, -0.2) is 65.3 Å². The molecular weight excluding hydrogens is 466 g/mol. The van der Waals surface area contributed by atoms with E-state index >= 15 is 0 Å². The number of rotatable bonds is 0. The zero-order valence-electron chi connectivity index (χ0n) is 17.8. The molecule has 0 fully saturated rings. The Hall–Kier alpha value is -2.58. The van der Waals surface area contributed by atoms with Crippen molar-refractivity contribution in [3.8, 4) is 0 Å². The maximum Gasteiger partial charge on any atom is 3.00 e. The number of hydrogen-bond acceptors (Lipinski definition) is 18. The quantitative estimate of drug-likeness (QED) is 0.173. The van der Waals surface area contributed by atoms with Gasteiger partial charge in [0.25, 0.3) is 0 Å². The minimum Gasteiger partial charge on any atom is -0.444 e. The second-order valence-corrected chi connectivity index (χ2v) is 5.81. The normalized spacial score (nSPS) is 6.40. The van der Waals surface area contributed by atoms with Crippen molar-refractivity contribution in [2.75, 3.05) is 56.4 Å². The van der Waals surface area contributed by atoms with Crippen molar-refractivity contribution in [1.82, 2.24) is 0 Å². The van der Waals surface area contributed by atoms with Crippen LogP contribution in [0.2, 0.25) is 0 Å². The van der Waals surface area contributed by atoms with Crippen LogP contribution in [0.25, 0.3) is 0 Å². The Morgan fingerprint density at radius 1 is 0.400 bits per heavy atom. The molecule has 0 saturated carbocycles. The molecule has 0 aliphatic heterocycles. The van der Waals surface area contributed by atoms with Crippen LogP contribution in [0.5, 0.6) is 0 Å². The second kappa shape index (κ2) is 71.8. The van der Waals surface area contributed by atoms with Crippen molar-refractivity contribution in [3.05, 3.63) is 60.7 Å². The zero-order chi connectivity index (χ0) is 25.2. The van der Waals surface area contributed by atoms with Gasteiger partial charge in [-0.25, -0.2) is 0 Å². The average molecular weight is 490 g/mol. The first-order valence-corrected chi connectivity index (χ1v) is 5.77. The summed E-state index contributed by atoms with van der Waals surface area (Å²) >= 11 is 0. The number of hydrogen-bond donors (Lipinski definition) is 0. The van der Waals surface area contributed by atoms with E-state index in [1.54, 1.807) is 0 Å². The molecule has 0 amide bonds. The van der Waals surface area contributed by atoms with Crippen LogP contribution < -0.4 is 18.9 Å². The average Bonchev–Trinajstić information content (AvgIpc) is 2.39. The van der Waals surface area contributed by atoms with E-state index in [1.807, 2.05) is 0 Å². The third-order valence-corrected chi connectivity index (χ3v) is 0. The van der Waals surface area contributed by atoms with Gasteiger partial charge < -0.3 is 69.7 Å². The summed E-state index contributed by atoms with van der Waals surface area (Å²) in [5.74, 6) is 0. The molecule has 178 valence electrons. The van der Waals surface area contributed by atoms with Gasteiger partial charge in [-0.05, 0) is 0 Å². The molecule has 0 radical (unpaired) electrons. The minimum absolute atomic E-state index is 0. The van der Waals surface area contributed by atoms with Crippen LogP contribution >= 0.6 is 0 Å². The molecule has 0 spiro atoms. The molecule has 0 N–H and O–H groups in total. The molecule has 0 atom stereocenters. The third-order valence-electron chi connectivity index (χ3n) is 0. The van der Waals surface area contributed by atoms with Crippen LogP contribution in [0.3, 0.4) is 0 Å². The predicted molar refractivity (Wildman–Crippen MR) is 103 cm³/mol. The molecule has 0 aromatic rings. The summed E-state index contributed by atoms with van der Waals surface area (Å²) in [6.07, 6.45) is 0. The Balaban J connectivity index is -0.0000000191. The van der Waals surface area contributed by atoms with Gasteiger partial charge in [-0.3, -0.25) is 0 Å². The largest absolute Gasteiger partial charge is 3.00 e. The van der Waals surface area contributed by atoms with Gasteiger partial charge in [-0.15, -0.1) is 32.0 Å². The van der Waals surface area contributed by atoms with Crippen LogP contribution in [0.4, 0.5) is 0 Å². The van der Waals surface area contributed by atoms with E-state index in [4.69, 9.17) is 60.7 Å². The molecule has 22 heteroatoms. The smallest absolute Gasteiger partial charge is 0.444 e. The van der Waals surface area contributed by atoms with Gasteiger partial charge in [0.1, 0.15) is 0 Å². The monoisotopic (exact) mass is 490 g/mol. The summed E-state index contributed by atoms with van der Waals surface area (Å²) in [5.41, 5.74) is 0. The molecule has 0 bridgehead atoms. The van der Waals surface area contributed by atoms with Crippen LogP contribution in [0.15, 0.2) is 32.0 Å². The molecule has 0 aromatic carbocycles. The Labute approximate surface area is 194 Å². The maximum absolute atomic E-state index is 8.00. The SMILES string of the molecule is C[N+](C)(C)C.C[N+](C)(C)C.O=N[O-].O=N[O-].O=N[O-].O=N[O-].O=N[O-].O=N[O-].[Co+3].[Li+]. The van der Waals surface area contributed by atoms with E-state index in [-0.39, 0.29) is 35.6 Å². The summed E-state index contributed by atoms with van der Waals surface area (Å²) in [5, 5.41) is 54.0. The van der Waals surface area contributed by atoms with E-state index in [1.165, 1.54) is 0 Å². The van der Waals surface area contributed by atoms with Gasteiger partial charge in [0.15, 0.2) is 0 Å². The molecule has 0 aliphatic rings. The summed E-state index contributed by atoms with van der Waals surface area (Å²) in [6, 6.07) is 0. The van der Waals surface area contributed by atoms with Crippen molar-refractivity contribution < 1.29 is 44.6 Å². The minimum atomic E-state index is 0. The Morgan fingerprint density at radius 3 is 0.400 bits per heavy atom. The van der Waals surface area contributed by atoms with Crippen LogP contribution in [-0.2, 0) is 16.8 Å². The van der Waals surface area contributed by atoms with E-state index in [0.29, 0.717) is 0 Å². The van der Waals surface area contributed by atoms with Crippen LogP contribution in [0.1, 0.15) is 0 Å². The van der Waals surface area contributed by atoms with Crippen LogP contribution in [0, 0.1) is 60.7 Å². The number of nitrogens with zero attached hydrogens (tertiary/aromatic N) is 8. The Kier molecular flexibility index (Phi) is 151. The van der Waals surface area contributed by atoms with Crippen molar-refractivity contribution >= 4 is 0 Å². The van der Waals surface area contributed by atoms with E-state index in [2.05, 4.69) is 56.4 Å². The fraction of sp³-hybridized carbons (Fsp3) is 1.00. The standard InChI is InChI=1S/2C4H12N.Co.Li.6HNO2/c2*1-5(2,3)4;;;6*2-1-3/h2*1-4H3;;;6*(H,2,3)/q2*+1;+3;+1;;;;;;/p-6. The van der Waals surface area contributed by atoms with Gasteiger partial charge in [-0.1, -0.05) is 0 Å². The summed E-state index contributed by atoms with van der Waals surface area (Å²) in [4.78, 5) is 48.0. The molecule has 0 aliphatic carbocycles. The topological polar surface area (TPSA) is 315 Å². The first kappa shape index (κ1) is 63.1. The first-order chi connectivity index (χ1) is 12.5. The molecular formula is C8H24CoLiN8O12. The van der Waals surface area contributed by atoms with Gasteiger partial charge in [0.2, 0.25) is 0 Å². The Bertz CT molecular complexity index is 249. The van der Waals surface area contributed by atoms with E-state index in [0.717, 1.165) is 41.0 Å². The first-order valence-electron chi connectivity index (χ1n) is 5.77. The summed E-state index contributed by atoms with van der Waals surface area (Å²) < 4.78 is 2.00.